The van der Waals surface area contributed by atoms with Gasteiger partial charge in [0, 0.05) is 50.2 Å². The highest BCUT2D eigenvalue weighted by atomic mass is 16.5. The number of imidazole rings is 1. The van der Waals surface area contributed by atoms with E-state index in [1.54, 1.807) is 0 Å². The van der Waals surface area contributed by atoms with E-state index in [4.69, 9.17) is 4.74 Å². The standard InChI is InChI=1S/C18H28N6O/c1-4-5-6-16-20-10-14(22-16)11-24-7-8-25-12-15(24)18-21-13(2)9-17(19-3)23-18/h9-10,15H,4-8,11-12H2,1-3H3,(H,20,22)(H,19,21,23)/t15-/m0/s1. The third-order valence-electron chi connectivity index (χ3n) is 4.49. The molecular weight excluding hydrogens is 316 g/mol. The van der Waals surface area contributed by atoms with E-state index >= 15 is 0 Å². The van der Waals surface area contributed by atoms with Gasteiger partial charge in [0.2, 0.25) is 0 Å². The minimum absolute atomic E-state index is 0.0585. The average molecular weight is 344 g/mol. The van der Waals surface area contributed by atoms with Crippen molar-refractivity contribution in [2.45, 2.75) is 45.7 Å². The van der Waals surface area contributed by atoms with Gasteiger partial charge in [0.25, 0.3) is 0 Å². The third-order valence-corrected chi connectivity index (χ3v) is 4.49. The second-order valence-corrected chi connectivity index (χ2v) is 6.52. The van der Waals surface area contributed by atoms with Crippen LogP contribution in [0, 0.1) is 6.92 Å². The topological polar surface area (TPSA) is 79.0 Å². The summed E-state index contributed by atoms with van der Waals surface area (Å²) >= 11 is 0. The van der Waals surface area contributed by atoms with Gasteiger partial charge in [-0.1, -0.05) is 13.3 Å². The zero-order valence-corrected chi connectivity index (χ0v) is 15.4. The number of hydrogen-bond acceptors (Lipinski definition) is 6. The lowest BCUT2D eigenvalue weighted by Crippen LogP contribution is -2.40. The van der Waals surface area contributed by atoms with Crippen LogP contribution in [0.4, 0.5) is 5.82 Å². The predicted octanol–water partition coefficient (Wildman–Crippen LogP) is 2.47. The monoisotopic (exact) mass is 344 g/mol. The number of aromatic amines is 1. The van der Waals surface area contributed by atoms with Crippen LogP contribution < -0.4 is 5.32 Å². The molecule has 7 heteroatoms. The highest BCUT2D eigenvalue weighted by Gasteiger charge is 2.28. The summed E-state index contributed by atoms with van der Waals surface area (Å²) < 4.78 is 5.71. The molecule has 3 rings (SSSR count). The number of nitrogens with one attached hydrogen (secondary N) is 2. The zero-order chi connectivity index (χ0) is 17.6. The first-order valence-electron chi connectivity index (χ1n) is 9.07. The number of nitrogens with zero attached hydrogens (tertiary/aromatic N) is 4. The fourth-order valence-electron chi connectivity index (χ4n) is 3.11. The van der Waals surface area contributed by atoms with Crippen molar-refractivity contribution in [3.05, 3.63) is 35.3 Å². The fraction of sp³-hybridized carbons (Fsp3) is 0.611. The van der Waals surface area contributed by atoms with E-state index in [1.807, 2.05) is 26.2 Å². The van der Waals surface area contributed by atoms with Crippen LogP contribution >= 0.6 is 0 Å². The van der Waals surface area contributed by atoms with Crippen molar-refractivity contribution >= 4 is 5.82 Å². The van der Waals surface area contributed by atoms with E-state index in [2.05, 4.69) is 37.1 Å². The van der Waals surface area contributed by atoms with Gasteiger partial charge in [0.15, 0.2) is 0 Å². The van der Waals surface area contributed by atoms with Gasteiger partial charge in [-0.05, 0) is 13.3 Å². The molecule has 136 valence electrons. The van der Waals surface area contributed by atoms with E-state index < -0.39 is 0 Å². The summed E-state index contributed by atoms with van der Waals surface area (Å²) in [6, 6.07) is 2.01. The molecule has 0 radical (unpaired) electrons. The molecule has 1 fully saturated rings. The van der Waals surface area contributed by atoms with Gasteiger partial charge in [-0.15, -0.1) is 0 Å². The van der Waals surface area contributed by atoms with Gasteiger partial charge in [0.1, 0.15) is 17.5 Å². The van der Waals surface area contributed by atoms with Gasteiger partial charge in [-0.3, -0.25) is 4.90 Å². The van der Waals surface area contributed by atoms with Crippen LogP contribution in [0.3, 0.4) is 0 Å². The summed E-state index contributed by atoms with van der Waals surface area (Å²) in [6.07, 6.45) is 5.31. The van der Waals surface area contributed by atoms with Crippen LogP contribution in [0.25, 0.3) is 0 Å². The predicted molar refractivity (Wildman–Crippen MR) is 97.5 cm³/mol. The van der Waals surface area contributed by atoms with E-state index in [-0.39, 0.29) is 6.04 Å². The first kappa shape index (κ1) is 17.8. The molecule has 7 nitrogen and oxygen atoms in total. The van der Waals surface area contributed by atoms with Crippen molar-refractivity contribution in [1.29, 1.82) is 0 Å². The largest absolute Gasteiger partial charge is 0.378 e. The summed E-state index contributed by atoms with van der Waals surface area (Å²) in [5.41, 5.74) is 2.10. The van der Waals surface area contributed by atoms with Crippen molar-refractivity contribution in [3.8, 4) is 0 Å². The van der Waals surface area contributed by atoms with Crippen LogP contribution in [0.2, 0.25) is 0 Å². The van der Waals surface area contributed by atoms with Crippen molar-refractivity contribution in [1.82, 2.24) is 24.8 Å². The SMILES string of the molecule is CCCCc1ncc(CN2CCOC[C@H]2c2nc(C)cc(NC)n2)[nH]1. The van der Waals surface area contributed by atoms with Gasteiger partial charge in [-0.2, -0.15) is 0 Å². The van der Waals surface area contributed by atoms with E-state index in [0.29, 0.717) is 6.61 Å². The maximum atomic E-state index is 5.71. The maximum absolute atomic E-state index is 5.71. The van der Waals surface area contributed by atoms with Gasteiger partial charge in [-0.25, -0.2) is 15.0 Å². The summed E-state index contributed by atoms with van der Waals surface area (Å²) in [6.45, 7) is 7.21. The van der Waals surface area contributed by atoms with Crippen LogP contribution in [-0.4, -0.2) is 51.6 Å². The molecule has 1 aliphatic rings. The zero-order valence-electron chi connectivity index (χ0n) is 15.4. The molecule has 0 unspecified atom stereocenters. The Hall–Kier alpha value is -1.99. The van der Waals surface area contributed by atoms with Crippen LogP contribution in [0.15, 0.2) is 12.3 Å². The van der Waals surface area contributed by atoms with E-state index in [1.165, 1.54) is 6.42 Å². The average Bonchev–Trinajstić information content (AvgIpc) is 3.07. The molecule has 3 heterocycles. The molecule has 2 aromatic rings. The van der Waals surface area contributed by atoms with Crippen LogP contribution in [0.5, 0.6) is 0 Å². The molecule has 0 saturated carbocycles. The Balaban J connectivity index is 1.75. The summed E-state index contributed by atoms with van der Waals surface area (Å²) in [5, 5.41) is 3.11. The Bertz CT molecular complexity index is 686. The molecule has 1 aliphatic heterocycles. The number of aromatic nitrogens is 4. The van der Waals surface area contributed by atoms with Crippen LogP contribution in [-0.2, 0) is 17.7 Å². The third kappa shape index (κ3) is 4.55. The number of anilines is 1. The van der Waals surface area contributed by atoms with Crippen molar-refractivity contribution in [2.24, 2.45) is 0 Å². The molecule has 0 aliphatic carbocycles. The number of aryl methyl sites for hydroxylation is 2. The van der Waals surface area contributed by atoms with E-state index in [9.17, 15) is 0 Å². The first-order chi connectivity index (χ1) is 12.2. The Kier molecular flexibility index (Phi) is 5.99. The lowest BCUT2D eigenvalue weighted by atomic mass is 10.2. The second-order valence-electron chi connectivity index (χ2n) is 6.52. The second kappa shape index (κ2) is 8.40. The maximum Gasteiger partial charge on any atom is 0.150 e. The Morgan fingerprint density at radius 2 is 2.28 bits per heavy atom. The number of rotatable bonds is 7. The molecule has 0 aromatic carbocycles. The minimum atomic E-state index is 0.0585. The summed E-state index contributed by atoms with van der Waals surface area (Å²) in [5.74, 6) is 2.73. The van der Waals surface area contributed by atoms with Crippen LogP contribution in [0.1, 0.15) is 48.8 Å². The highest BCUT2D eigenvalue weighted by molar-refractivity contribution is 5.35. The molecule has 0 amide bonds. The van der Waals surface area contributed by atoms with Crippen molar-refractivity contribution in [2.75, 3.05) is 32.1 Å². The number of unbranched alkanes of at least 4 members (excludes halogenated alkanes) is 1. The number of H-pyrrole nitrogens is 1. The molecule has 2 N–H and O–H groups in total. The molecule has 1 saturated heterocycles. The number of ether oxygens (including phenoxy) is 1. The van der Waals surface area contributed by atoms with E-state index in [0.717, 1.165) is 61.4 Å². The van der Waals surface area contributed by atoms with Gasteiger partial charge in [0.05, 0.1) is 19.3 Å². The van der Waals surface area contributed by atoms with Gasteiger partial charge >= 0.3 is 0 Å². The lowest BCUT2D eigenvalue weighted by molar-refractivity contribution is -0.0164. The molecule has 1 atom stereocenters. The smallest absolute Gasteiger partial charge is 0.150 e. The molecule has 25 heavy (non-hydrogen) atoms. The lowest BCUT2D eigenvalue weighted by Gasteiger charge is -2.34. The molecule has 2 aromatic heterocycles. The van der Waals surface area contributed by atoms with Gasteiger partial charge < -0.3 is 15.0 Å². The summed E-state index contributed by atoms with van der Waals surface area (Å²) in [4.78, 5) is 19.6. The normalized spacial score (nSPS) is 18.4. The summed E-state index contributed by atoms with van der Waals surface area (Å²) in [7, 11) is 1.88. The number of hydrogen-bond donors (Lipinski definition) is 2. The van der Waals surface area contributed by atoms with Crippen molar-refractivity contribution in [3.63, 3.8) is 0 Å². The fourth-order valence-corrected chi connectivity index (χ4v) is 3.11. The Morgan fingerprint density at radius 1 is 1.40 bits per heavy atom. The highest BCUT2D eigenvalue weighted by Crippen LogP contribution is 2.24. The van der Waals surface area contributed by atoms with Crippen molar-refractivity contribution < 1.29 is 4.74 Å². The number of morpholine rings is 1. The molecule has 0 bridgehead atoms. The molecule has 0 spiro atoms. The first-order valence-corrected chi connectivity index (χ1v) is 9.07. The minimum Gasteiger partial charge on any atom is -0.378 e. The molecular formula is C18H28N6O. The Labute approximate surface area is 149 Å². The Morgan fingerprint density at radius 3 is 3.08 bits per heavy atom. The quantitative estimate of drug-likeness (QED) is 0.803.